The molecule has 1 heterocycles. The van der Waals surface area contributed by atoms with E-state index >= 15 is 0 Å². The van der Waals surface area contributed by atoms with E-state index in [2.05, 4.69) is 5.32 Å². The van der Waals surface area contributed by atoms with Crippen molar-refractivity contribution in [3.63, 3.8) is 0 Å². The predicted molar refractivity (Wildman–Crippen MR) is 88.3 cm³/mol. The van der Waals surface area contributed by atoms with Crippen molar-refractivity contribution in [1.82, 2.24) is 9.80 Å². The molecule has 1 aromatic carbocycles. The monoisotopic (exact) mass is 351 g/mol. The van der Waals surface area contributed by atoms with Crippen LogP contribution in [-0.2, 0) is 19.2 Å². The number of hydrogen-bond donors (Lipinski definition) is 1. The van der Waals surface area contributed by atoms with Crippen LogP contribution in [0, 0.1) is 0 Å². The molecule has 0 radical (unpaired) electrons. The fourth-order valence-corrected chi connectivity index (χ4v) is 2.43. The Labute approximate surface area is 144 Å². The molecule has 0 saturated carbocycles. The fraction of sp³-hybridized carbons (Fsp3) is 0.375. The molecule has 1 saturated heterocycles. The molecule has 4 amide bonds. The number of carbonyl (C=O) groups excluding carboxylic acids is 4. The van der Waals surface area contributed by atoms with Crippen molar-refractivity contribution in [2.24, 2.45) is 0 Å². The van der Waals surface area contributed by atoms with Gasteiger partial charge in [0.25, 0.3) is 0 Å². The quantitative estimate of drug-likeness (QED) is 0.782. The van der Waals surface area contributed by atoms with Gasteiger partial charge in [-0.15, -0.1) is 0 Å². The maximum absolute atomic E-state index is 12.0. The smallest absolute Gasteiger partial charge is 0.243 e. The van der Waals surface area contributed by atoms with Gasteiger partial charge in [-0.25, -0.2) is 0 Å². The first-order valence-electron chi connectivity index (χ1n) is 7.49. The Kier molecular flexibility index (Phi) is 5.92. The third kappa shape index (κ3) is 4.79. The van der Waals surface area contributed by atoms with Crippen molar-refractivity contribution in [2.75, 3.05) is 25.5 Å². The Hall–Kier alpha value is -2.41. The van der Waals surface area contributed by atoms with Crippen molar-refractivity contribution >= 4 is 40.9 Å². The minimum atomic E-state index is -0.346. The van der Waals surface area contributed by atoms with E-state index in [0.29, 0.717) is 10.7 Å². The number of nitrogens with zero attached hydrogens (tertiary/aromatic N) is 2. The molecule has 1 aliphatic heterocycles. The molecule has 1 N–H and O–H groups in total. The molecule has 0 bridgehead atoms. The molecule has 1 aliphatic rings. The van der Waals surface area contributed by atoms with Crippen molar-refractivity contribution in [3.05, 3.63) is 29.3 Å². The highest BCUT2D eigenvalue weighted by molar-refractivity contribution is 6.30. The van der Waals surface area contributed by atoms with Crippen LogP contribution in [0.5, 0.6) is 0 Å². The highest BCUT2D eigenvalue weighted by atomic mass is 35.5. The molecule has 128 valence electrons. The maximum Gasteiger partial charge on any atom is 0.243 e. The summed E-state index contributed by atoms with van der Waals surface area (Å²) in [5.74, 6) is -1.16. The lowest BCUT2D eigenvalue weighted by Crippen LogP contribution is -2.38. The summed E-state index contributed by atoms with van der Waals surface area (Å²) in [7, 11) is 1.50. The Morgan fingerprint density at radius 2 is 1.75 bits per heavy atom. The zero-order valence-electron chi connectivity index (χ0n) is 13.3. The van der Waals surface area contributed by atoms with E-state index in [1.165, 1.54) is 11.9 Å². The SMILES string of the molecule is CN(CC(=O)Nc1ccc(Cl)cc1)C(=O)CCN1C(=O)CCC1=O. The van der Waals surface area contributed by atoms with Gasteiger partial charge in [-0.2, -0.15) is 0 Å². The van der Waals surface area contributed by atoms with Gasteiger partial charge in [-0.1, -0.05) is 11.6 Å². The molecular weight excluding hydrogens is 334 g/mol. The van der Waals surface area contributed by atoms with Gasteiger partial charge in [-0.3, -0.25) is 24.1 Å². The van der Waals surface area contributed by atoms with Crippen LogP contribution in [0.15, 0.2) is 24.3 Å². The van der Waals surface area contributed by atoms with E-state index in [1.54, 1.807) is 24.3 Å². The first-order valence-corrected chi connectivity index (χ1v) is 7.87. The number of anilines is 1. The van der Waals surface area contributed by atoms with E-state index in [-0.39, 0.29) is 56.0 Å². The second-order valence-corrected chi connectivity index (χ2v) is 5.93. The number of likely N-dealkylation sites (tertiary alicyclic amines) is 1. The zero-order chi connectivity index (χ0) is 17.7. The minimum Gasteiger partial charge on any atom is -0.336 e. The number of amides is 4. The van der Waals surface area contributed by atoms with E-state index < -0.39 is 0 Å². The summed E-state index contributed by atoms with van der Waals surface area (Å²) in [6, 6.07) is 6.62. The molecule has 24 heavy (non-hydrogen) atoms. The van der Waals surface area contributed by atoms with Crippen LogP contribution in [-0.4, -0.2) is 53.6 Å². The molecule has 2 rings (SSSR count). The molecule has 1 aromatic rings. The zero-order valence-corrected chi connectivity index (χ0v) is 14.0. The van der Waals surface area contributed by atoms with Gasteiger partial charge >= 0.3 is 0 Å². The van der Waals surface area contributed by atoms with E-state index in [9.17, 15) is 19.2 Å². The number of nitrogens with one attached hydrogen (secondary N) is 1. The van der Waals surface area contributed by atoms with Crippen molar-refractivity contribution in [3.8, 4) is 0 Å². The third-order valence-corrected chi connectivity index (χ3v) is 3.89. The normalized spacial score (nSPS) is 14.0. The average molecular weight is 352 g/mol. The van der Waals surface area contributed by atoms with Crippen molar-refractivity contribution in [1.29, 1.82) is 0 Å². The summed E-state index contributed by atoms with van der Waals surface area (Å²) in [5, 5.41) is 3.22. The summed E-state index contributed by atoms with van der Waals surface area (Å²) in [4.78, 5) is 49.3. The highest BCUT2D eigenvalue weighted by Crippen LogP contribution is 2.14. The average Bonchev–Trinajstić information content (AvgIpc) is 2.85. The number of carbonyl (C=O) groups is 4. The predicted octanol–water partition coefficient (Wildman–Crippen LogP) is 1.28. The van der Waals surface area contributed by atoms with Crippen molar-refractivity contribution in [2.45, 2.75) is 19.3 Å². The summed E-state index contributed by atoms with van der Waals surface area (Å²) in [6.45, 7) is -0.0665. The first kappa shape index (κ1) is 17.9. The highest BCUT2D eigenvalue weighted by Gasteiger charge is 2.29. The van der Waals surface area contributed by atoms with E-state index in [1.807, 2.05) is 0 Å². The van der Waals surface area contributed by atoms with Crippen LogP contribution in [0.1, 0.15) is 19.3 Å². The molecular formula is C16H18ClN3O4. The Morgan fingerprint density at radius 3 is 2.33 bits per heavy atom. The molecule has 0 unspecified atom stereocenters. The van der Waals surface area contributed by atoms with Gasteiger partial charge in [-0.05, 0) is 24.3 Å². The van der Waals surface area contributed by atoms with Gasteiger partial charge in [0.15, 0.2) is 0 Å². The van der Waals surface area contributed by atoms with Gasteiger partial charge in [0, 0.05) is 43.6 Å². The maximum atomic E-state index is 12.0. The van der Waals surface area contributed by atoms with E-state index in [0.717, 1.165) is 4.90 Å². The Bertz CT molecular complexity index is 644. The summed E-state index contributed by atoms with van der Waals surface area (Å²) >= 11 is 5.77. The van der Waals surface area contributed by atoms with Crippen molar-refractivity contribution < 1.29 is 19.2 Å². The number of likely N-dealkylation sites (N-methyl/N-ethyl adjacent to an activating group) is 1. The van der Waals surface area contributed by atoms with Gasteiger partial charge in [0.2, 0.25) is 23.6 Å². The standard InChI is InChI=1S/C16H18ClN3O4/c1-19(10-13(21)18-12-4-2-11(17)3-5-12)14(22)8-9-20-15(23)6-7-16(20)24/h2-5H,6-10H2,1H3,(H,18,21). The third-order valence-electron chi connectivity index (χ3n) is 3.64. The molecule has 0 spiro atoms. The lowest BCUT2D eigenvalue weighted by Gasteiger charge is -2.19. The van der Waals surface area contributed by atoms with Crippen LogP contribution in [0.25, 0.3) is 0 Å². The van der Waals surface area contributed by atoms with Gasteiger partial charge in [0.1, 0.15) is 0 Å². The van der Waals surface area contributed by atoms with Gasteiger partial charge in [0.05, 0.1) is 6.54 Å². The summed E-state index contributed by atoms with van der Waals surface area (Å²) in [6.07, 6.45) is 0.404. The number of imide groups is 1. The Morgan fingerprint density at radius 1 is 1.17 bits per heavy atom. The fourth-order valence-electron chi connectivity index (χ4n) is 2.31. The number of hydrogen-bond acceptors (Lipinski definition) is 4. The van der Waals surface area contributed by atoms with Crippen LogP contribution in [0.4, 0.5) is 5.69 Å². The number of rotatable bonds is 6. The van der Waals surface area contributed by atoms with E-state index in [4.69, 9.17) is 11.6 Å². The molecule has 1 fully saturated rings. The number of benzene rings is 1. The molecule has 0 aromatic heterocycles. The summed E-state index contributed by atoms with van der Waals surface area (Å²) < 4.78 is 0. The largest absolute Gasteiger partial charge is 0.336 e. The van der Waals surface area contributed by atoms with Crippen LogP contribution in [0.2, 0.25) is 5.02 Å². The first-order chi connectivity index (χ1) is 11.4. The van der Waals surface area contributed by atoms with Gasteiger partial charge < -0.3 is 10.2 Å². The topological polar surface area (TPSA) is 86.8 Å². The second-order valence-electron chi connectivity index (χ2n) is 5.49. The Balaban J connectivity index is 1.78. The molecule has 7 nitrogen and oxygen atoms in total. The lowest BCUT2D eigenvalue weighted by molar-refractivity contribution is -0.140. The van der Waals surface area contributed by atoms with Crippen LogP contribution >= 0.6 is 11.6 Å². The minimum absolute atomic E-state index is 0.00219. The second kappa shape index (κ2) is 7.92. The summed E-state index contributed by atoms with van der Waals surface area (Å²) in [5.41, 5.74) is 0.582. The molecule has 0 atom stereocenters. The number of halogens is 1. The van der Waals surface area contributed by atoms with Crippen LogP contribution in [0.3, 0.4) is 0 Å². The molecule has 8 heteroatoms. The molecule has 0 aliphatic carbocycles. The van der Waals surface area contributed by atoms with Crippen LogP contribution < -0.4 is 5.32 Å². The lowest BCUT2D eigenvalue weighted by atomic mass is 10.3.